The average Bonchev–Trinajstić information content (AvgIpc) is 2.68. The number of amides is 1. The lowest BCUT2D eigenvalue weighted by Crippen LogP contribution is -2.48. The molecule has 2 aliphatic rings. The van der Waals surface area contributed by atoms with E-state index in [4.69, 9.17) is 5.73 Å². The Labute approximate surface area is 172 Å². The van der Waals surface area contributed by atoms with Crippen molar-refractivity contribution in [2.24, 2.45) is 17.6 Å². The maximum absolute atomic E-state index is 13.9. The largest absolute Gasteiger partial charge is 0.342 e. The maximum Gasteiger partial charge on any atom is 0.245 e. The van der Waals surface area contributed by atoms with E-state index in [0.29, 0.717) is 18.8 Å². The normalized spacial score (nSPS) is 21.2. The fraction of sp³-hybridized carbons (Fsp3) is 0.632. The Morgan fingerprint density at radius 3 is 2.21 bits per heavy atom. The van der Waals surface area contributed by atoms with Gasteiger partial charge in [-0.2, -0.15) is 4.31 Å². The minimum Gasteiger partial charge on any atom is -0.342 e. The molecular formula is C19H29ClFN3O3S. The number of carbonyl (C=O) groups excluding carboxylic acids is 1. The Kier molecular flexibility index (Phi) is 7.84. The molecule has 0 saturated carbocycles. The van der Waals surface area contributed by atoms with Gasteiger partial charge in [-0.25, -0.2) is 12.8 Å². The number of nitrogens with two attached hydrogens (primary N) is 1. The van der Waals surface area contributed by atoms with Crippen molar-refractivity contribution in [2.75, 3.05) is 26.2 Å². The molecule has 1 aromatic rings. The molecule has 158 valence electrons. The zero-order valence-electron chi connectivity index (χ0n) is 16.1. The molecule has 2 N–H and O–H groups in total. The average molecular weight is 434 g/mol. The van der Waals surface area contributed by atoms with E-state index in [1.807, 2.05) is 11.8 Å². The predicted octanol–water partition coefficient (Wildman–Crippen LogP) is 2.23. The van der Waals surface area contributed by atoms with Crippen LogP contribution in [0.1, 0.15) is 32.6 Å². The summed E-state index contributed by atoms with van der Waals surface area (Å²) in [4.78, 5) is 14.4. The fourth-order valence-electron chi connectivity index (χ4n) is 4.04. The van der Waals surface area contributed by atoms with E-state index in [1.54, 1.807) is 0 Å². The quantitative estimate of drug-likeness (QED) is 0.789. The van der Waals surface area contributed by atoms with E-state index in [0.717, 1.165) is 32.0 Å². The van der Waals surface area contributed by atoms with E-state index < -0.39 is 15.8 Å². The summed E-state index contributed by atoms with van der Waals surface area (Å²) in [6.45, 7) is 3.93. The Morgan fingerprint density at radius 2 is 1.68 bits per heavy atom. The highest BCUT2D eigenvalue weighted by atomic mass is 35.5. The van der Waals surface area contributed by atoms with E-state index in [2.05, 4.69) is 0 Å². The summed E-state index contributed by atoms with van der Waals surface area (Å²) in [5, 5.41) is 0. The summed E-state index contributed by atoms with van der Waals surface area (Å²) < 4.78 is 40.5. The molecule has 1 atom stereocenters. The van der Waals surface area contributed by atoms with Crippen LogP contribution in [-0.4, -0.2) is 55.8 Å². The number of likely N-dealkylation sites (tertiary alicyclic amines) is 1. The molecule has 1 aromatic carbocycles. The van der Waals surface area contributed by atoms with E-state index in [1.165, 1.54) is 22.5 Å². The monoisotopic (exact) mass is 433 g/mol. The molecule has 0 radical (unpaired) electrons. The fourth-order valence-corrected chi connectivity index (χ4v) is 5.57. The molecule has 9 heteroatoms. The third-order valence-corrected chi connectivity index (χ3v) is 7.78. The van der Waals surface area contributed by atoms with Gasteiger partial charge in [0.15, 0.2) is 0 Å². The first-order valence-electron chi connectivity index (χ1n) is 9.59. The molecule has 1 unspecified atom stereocenters. The topological polar surface area (TPSA) is 83.7 Å². The van der Waals surface area contributed by atoms with Gasteiger partial charge in [-0.3, -0.25) is 4.79 Å². The number of benzene rings is 1. The molecule has 28 heavy (non-hydrogen) atoms. The van der Waals surface area contributed by atoms with Crippen LogP contribution in [0.25, 0.3) is 0 Å². The molecule has 0 spiro atoms. The highest BCUT2D eigenvalue weighted by Crippen LogP contribution is 2.28. The second-order valence-corrected chi connectivity index (χ2v) is 9.54. The van der Waals surface area contributed by atoms with Crippen LogP contribution in [0.4, 0.5) is 4.39 Å². The van der Waals surface area contributed by atoms with Gasteiger partial charge < -0.3 is 10.6 Å². The lowest BCUT2D eigenvalue weighted by atomic mass is 9.89. The highest BCUT2D eigenvalue weighted by molar-refractivity contribution is 7.89. The highest BCUT2D eigenvalue weighted by Gasteiger charge is 2.35. The number of piperidine rings is 2. The van der Waals surface area contributed by atoms with Gasteiger partial charge in [0.2, 0.25) is 15.9 Å². The second kappa shape index (κ2) is 9.52. The minimum atomic E-state index is -3.86. The summed E-state index contributed by atoms with van der Waals surface area (Å²) in [5.41, 5.74) is 5.95. The first-order chi connectivity index (χ1) is 12.8. The van der Waals surface area contributed by atoms with Crippen LogP contribution in [0.2, 0.25) is 0 Å². The van der Waals surface area contributed by atoms with Crippen molar-refractivity contribution >= 4 is 28.3 Å². The molecule has 2 fully saturated rings. The van der Waals surface area contributed by atoms with Gasteiger partial charge >= 0.3 is 0 Å². The maximum atomic E-state index is 13.9. The third kappa shape index (κ3) is 4.84. The first kappa shape index (κ1) is 23.1. The van der Waals surface area contributed by atoms with Gasteiger partial charge in [0.05, 0.1) is 0 Å². The molecule has 0 aromatic heterocycles. The van der Waals surface area contributed by atoms with Crippen LogP contribution in [0.3, 0.4) is 0 Å². The number of sulfonamides is 1. The van der Waals surface area contributed by atoms with Crippen LogP contribution in [-0.2, 0) is 14.8 Å². The van der Waals surface area contributed by atoms with Crippen LogP contribution in [0.15, 0.2) is 29.2 Å². The van der Waals surface area contributed by atoms with Crippen LogP contribution >= 0.6 is 12.4 Å². The molecule has 2 aliphatic heterocycles. The van der Waals surface area contributed by atoms with Crippen molar-refractivity contribution in [3.8, 4) is 0 Å². The SMILES string of the molecule is CC(N)C1CCN(C(=O)C2CCN(S(=O)(=O)c3ccccc3F)CC2)CC1.Cl. The van der Waals surface area contributed by atoms with Crippen molar-refractivity contribution < 1.29 is 17.6 Å². The van der Waals surface area contributed by atoms with Crippen molar-refractivity contribution in [1.29, 1.82) is 0 Å². The Hall–Kier alpha value is -1.22. The molecule has 0 aliphatic carbocycles. The van der Waals surface area contributed by atoms with E-state index >= 15 is 0 Å². The first-order valence-corrected chi connectivity index (χ1v) is 11.0. The van der Waals surface area contributed by atoms with Crippen molar-refractivity contribution in [3.05, 3.63) is 30.1 Å². The molecule has 2 saturated heterocycles. The smallest absolute Gasteiger partial charge is 0.245 e. The lowest BCUT2D eigenvalue weighted by molar-refractivity contribution is -0.138. The van der Waals surface area contributed by atoms with E-state index in [9.17, 15) is 17.6 Å². The molecule has 6 nitrogen and oxygen atoms in total. The van der Waals surface area contributed by atoms with Crippen molar-refractivity contribution in [2.45, 2.75) is 43.5 Å². The molecule has 1 amide bonds. The zero-order chi connectivity index (χ0) is 19.6. The van der Waals surface area contributed by atoms with E-state index in [-0.39, 0.29) is 48.3 Å². The van der Waals surface area contributed by atoms with Crippen LogP contribution in [0.5, 0.6) is 0 Å². The molecule has 0 bridgehead atoms. The van der Waals surface area contributed by atoms with Gasteiger partial charge in [0, 0.05) is 38.1 Å². The van der Waals surface area contributed by atoms with Crippen molar-refractivity contribution in [1.82, 2.24) is 9.21 Å². The number of carbonyl (C=O) groups is 1. The Morgan fingerprint density at radius 1 is 1.11 bits per heavy atom. The number of rotatable bonds is 4. The van der Waals surface area contributed by atoms with Crippen LogP contribution in [0, 0.1) is 17.7 Å². The summed E-state index contributed by atoms with van der Waals surface area (Å²) >= 11 is 0. The lowest BCUT2D eigenvalue weighted by Gasteiger charge is -2.37. The third-order valence-electron chi connectivity index (χ3n) is 5.85. The molecular weight excluding hydrogens is 405 g/mol. The Bertz CT molecular complexity index is 774. The van der Waals surface area contributed by atoms with Gasteiger partial charge in [0.1, 0.15) is 10.7 Å². The van der Waals surface area contributed by atoms with Gasteiger partial charge in [-0.05, 0) is 50.7 Å². The standard InChI is InChI=1S/C19H28FN3O3S.ClH/c1-14(21)15-6-10-22(11-7-15)19(24)16-8-12-23(13-9-16)27(25,26)18-5-3-2-4-17(18)20;/h2-5,14-16H,6-13,21H2,1H3;1H. The predicted molar refractivity (Wildman–Crippen MR) is 108 cm³/mol. The number of nitrogens with zero attached hydrogens (tertiary/aromatic N) is 2. The van der Waals surface area contributed by atoms with Gasteiger partial charge in [0.25, 0.3) is 0 Å². The zero-order valence-corrected chi connectivity index (χ0v) is 17.7. The second-order valence-electron chi connectivity index (χ2n) is 7.63. The number of halogens is 2. The van der Waals surface area contributed by atoms with Gasteiger partial charge in [-0.1, -0.05) is 12.1 Å². The minimum absolute atomic E-state index is 0. The van der Waals surface area contributed by atoms with Crippen LogP contribution < -0.4 is 5.73 Å². The Balaban J connectivity index is 0.00000280. The summed E-state index contributed by atoms with van der Waals surface area (Å²) in [7, 11) is -3.86. The summed E-state index contributed by atoms with van der Waals surface area (Å²) in [6.07, 6.45) is 2.79. The van der Waals surface area contributed by atoms with Crippen molar-refractivity contribution in [3.63, 3.8) is 0 Å². The van der Waals surface area contributed by atoms with Gasteiger partial charge in [-0.15, -0.1) is 12.4 Å². The summed E-state index contributed by atoms with van der Waals surface area (Å²) in [5.74, 6) is -0.334. The number of hydrogen-bond acceptors (Lipinski definition) is 4. The number of hydrogen-bond donors (Lipinski definition) is 1. The molecule has 3 rings (SSSR count). The molecule has 2 heterocycles. The summed E-state index contributed by atoms with van der Waals surface area (Å²) in [6, 6.07) is 5.56.